The molecule has 2 aliphatic rings. The van der Waals surface area contributed by atoms with E-state index in [1.165, 1.54) is 16.8 Å². The van der Waals surface area contributed by atoms with E-state index in [-0.39, 0.29) is 11.9 Å². The molecule has 0 bridgehead atoms. The average Bonchev–Trinajstić information content (AvgIpc) is 3.20. The molecule has 26 heavy (non-hydrogen) atoms. The van der Waals surface area contributed by atoms with Crippen molar-refractivity contribution in [2.24, 2.45) is 0 Å². The third-order valence-electron chi connectivity index (χ3n) is 6.01. The Bertz CT molecular complexity index is 854. The maximum Gasteiger partial charge on any atom is 0.275 e. The highest BCUT2D eigenvalue weighted by atomic mass is 16.2. The van der Waals surface area contributed by atoms with E-state index in [1.54, 1.807) is 0 Å². The van der Waals surface area contributed by atoms with Crippen LogP contribution < -0.4 is 5.32 Å². The van der Waals surface area contributed by atoms with Gasteiger partial charge in [-0.05, 0) is 58.6 Å². The Hall–Kier alpha value is -2.14. The van der Waals surface area contributed by atoms with Gasteiger partial charge in [-0.25, -0.2) is 4.68 Å². The molecule has 2 atom stereocenters. The first kappa shape index (κ1) is 17.3. The second kappa shape index (κ2) is 6.54. The zero-order valence-electron chi connectivity index (χ0n) is 16.2. The number of carbonyl (C=O) groups excluding carboxylic acids is 1. The van der Waals surface area contributed by atoms with Crippen LogP contribution in [-0.4, -0.2) is 45.8 Å². The Kier molecular flexibility index (Phi) is 4.35. The molecule has 2 heterocycles. The molecule has 1 aliphatic heterocycles. The summed E-state index contributed by atoms with van der Waals surface area (Å²) in [5.41, 5.74) is 6.58. The summed E-state index contributed by atoms with van der Waals surface area (Å²) in [5.74, 6) is 0.0903. The Morgan fingerprint density at radius 2 is 2.04 bits per heavy atom. The van der Waals surface area contributed by atoms with Crippen LogP contribution in [0.25, 0.3) is 5.69 Å². The van der Waals surface area contributed by atoms with Crippen LogP contribution in [-0.2, 0) is 12.8 Å². The summed E-state index contributed by atoms with van der Waals surface area (Å²) in [4.78, 5) is 15.3. The number of hydrogen-bond donors (Lipinski definition) is 1. The van der Waals surface area contributed by atoms with Crippen molar-refractivity contribution < 1.29 is 4.79 Å². The van der Waals surface area contributed by atoms with Gasteiger partial charge in [-0.15, -0.1) is 0 Å². The average molecular weight is 352 g/mol. The van der Waals surface area contributed by atoms with Gasteiger partial charge in [0.2, 0.25) is 0 Å². The van der Waals surface area contributed by atoms with Crippen LogP contribution in [0.4, 0.5) is 0 Å². The zero-order valence-corrected chi connectivity index (χ0v) is 16.2. The number of nitrogens with zero attached hydrogens (tertiary/aromatic N) is 3. The van der Waals surface area contributed by atoms with Crippen LogP contribution in [0.5, 0.6) is 0 Å². The summed E-state index contributed by atoms with van der Waals surface area (Å²) < 4.78 is 2.03. The molecule has 1 aromatic carbocycles. The van der Waals surface area contributed by atoms with Crippen LogP contribution in [0.15, 0.2) is 18.2 Å². The Labute approximate surface area is 155 Å². The van der Waals surface area contributed by atoms with Gasteiger partial charge in [0.25, 0.3) is 5.91 Å². The number of hydrogen-bond acceptors (Lipinski definition) is 3. The Morgan fingerprint density at radius 1 is 1.23 bits per heavy atom. The van der Waals surface area contributed by atoms with Crippen molar-refractivity contribution in [1.82, 2.24) is 20.0 Å². The normalized spacial score (nSPS) is 22.5. The lowest BCUT2D eigenvalue weighted by atomic mass is 10.1. The predicted octanol–water partition coefficient (Wildman–Crippen LogP) is 2.80. The number of piperazine rings is 1. The van der Waals surface area contributed by atoms with Gasteiger partial charge in [0.1, 0.15) is 0 Å². The topological polar surface area (TPSA) is 50.2 Å². The van der Waals surface area contributed by atoms with Crippen LogP contribution in [0, 0.1) is 13.8 Å². The van der Waals surface area contributed by atoms with Crippen molar-refractivity contribution in [3.8, 4) is 5.69 Å². The van der Waals surface area contributed by atoms with Gasteiger partial charge < -0.3 is 10.2 Å². The number of amides is 1. The summed E-state index contributed by atoms with van der Waals surface area (Å²) in [6.07, 6.45) is 3.06. The zero-order chi connectivity index (χ0) is 18.4. The minimum atomic E-state index is 0.0903. The molecule has 1 saturated heterocycles. The third-order valence-corrected chi connectivity index (χ3v) is 6.01. The van der Waals surface area contributed by atoms with Gasteiger partial charge >= 0.3 is 0 Å². The van der Waals surface area contributed by atoms with Gasteiger partial charge in [-0.1, -0.05) is 17.7 Å². The first-order valence-corrected chi connectivity index (χ1v) is 9.70. The minimum absolute atomic E-state index is 0.0903. The SMILES string of the molecule is Cc1ccc(-n2nc(C(=O)N3CCNC(C)C3C)c3c2CCC3)c(C)c1. The van der Waals surface area contributed by atoms with Crippen LogP contribution in [0.1, 0.15) is 53.1 Å². The third kappa shape index (κ3) is 2.75. The molecular weight excluding hydrogens is 324 g/mol. The van der Waals surface area contributed by atoms with Crippen LogP contribution >= 0.6 is 0 Å². The largest absolute Gasteiger partial charge is 0.332 e. The molecule has 0 spiro atoms. The molecule has 2 unspecified atom stereocenters. The predicted molar refractivity (Wildman–Crippen MR) is 103 cm³/mol. The molecule has 5 nitrogen and oxygen atoms in total. The van der Waals surface area contributed by atoms with Gasteiger partial charge in [0, 0.05) is 36.4 Å². The minimum Gasteiger partial charge on any atom is -0.332 e. The quantitative estimate of drug-likeness (QED) is 0.904. The maximum atomic E-state index is 13.3. The van der Waals surface area contributed by atoms with Gasteiger partial charge in [-0.2, -0.15) is 5.10 Å². The number of rotatable bonds is 2. The lowest BCUT2D eigenvalue weighted by molar-refractivity contribution is 0.0595. The Morgan fingerprint density at radius 3 is 2.81 bits per heavy atom. The smallest absolute Gasteiger partial charge is 0.275 e. The fourth-order valence-corrected chi connectivity index (χ4v) is 4.33. The van der Waals surface area contributed by atoms with Gasteiger partial charge in [0.15, 0.2) is 5.69 Å². The fourth-order valence-electron chi connectivity index (χ4n) is 4.33. The monoisotopic (exact) mass is 352 g/mol. The van der Waals surface area contributed by atoms with Crippen molar-refractivity contribution >= 4 is 5.91 Å². The molecular formula is C21H28N4O. The van der Waals surface area contributed by atoms with Crippen molar-refractivity contribution in [3.05, 3.63) is 46.3 Å². The van der Waals surface area contributed by atoms with E-state index in [0.717, 1.165) is 43.6 Å². The van der Waals surface area contributed by atoms with Crippen molar-refractivity contribution in [2.45, 2.75) is 59.0 Å². The van der Waals surface area contributed by atoms with Crippen molar-refractivity contribution in [2.75, 3.05) is 13.1 Å². The molecule has 0 saturated carbocycles. The number of aryl methyl sites for hydroxylation is 2. The second-order valence-corrected chi connectivity index (χ2v) is 7.81. The summed E-state index contributed by atoms with van der Waals surface area (Å²) in [5, 5.41) is 8.28. The van der Waals surface area contributed by atoms with Crippen molar-refractivity contribution in [1.29, 1.82) is 0 Å². The molecule has 1 aromatic heterocycles. The number of carbonyl (C=O) groups is 1. The number of benzene rings is 1. The molecule has 4 rings (SSSR count). The van der Waals surface area contributed by atoms with E-state index in [4.69, 9.17) is 5.10 Å². The molecule has 138 valence electrons. The highest BCUT2D eigenvalue weighted by Gasteiger charge is 2.34. The first-order valence-electron chi connectivity index (χ1n) is 9.70. The van der Waals surface area contributed by atoms with E-state index in [9.17, 15) is 4.79 Å². The van der Waals surface area contributed by atoms with Crippen molar-refractivity contribution in [3.63, 3.8) is 0 Å². The number of nitrogens with one attached hydrogen (secondary N) is 1. The van der Waals surface area contributed by atoms with E-state index < -0.39 is 0 Å². The van der Waals surface area contributed by atoms with E-state index in [0.29, 0.717) is 11.7 Å². The van der Waals surface area contributed by atoms with Gasteiger partial charge in [-0.3, -0.25) is 4.79 Å². The van der Waals surface area contributed by atoms with E-state index in [1.807, 2.05) is 9.58 Å². The Balaban J connectivity index is 1.75. The number of fused-ring (bicyclic) bond motifs is 1. The van der Waals surface area contributed by atoms with E-state index >= 15 is 0 Å². The highest BCUT2D eigenvalue weighted by molar-refractivity contribution is 5.94. The summed E-state index contributed by atoms with van der Waals surface area (Å²) in [6.45, 7) is 10.1. The molecule has 1 fully saturated rings. The van der Waals surface area contributed by atoms with Crippen LogP contribution in [0.2, 0.25) is 0 Å². The molecule has 5 heteroatoms. The number of aromatic nitrogens is 2. The summed E-state index contributed by atoms with van der Waals surface area (Å²) in [6, 6.07) is 6.91. The molecule has 0 radical (unpaired) electrons. The summed E-state index contributed by atoms with van der Waals surface area (Å²) in [7, 11) is 0. The van der Waals surface area contributed by atoms with E-state index in [2.05, 4.69) is 51.2 Å². The maximum absolute atomic E-state index is 13.3. The molecule has 2 aromatic rings. The molecule has 1 amide bonds. The first-order chi connectivity index (χ1) is 12.5. The van der Waals surface area contributed by atoms with Crippen LogP contribution in [0.3, 0.4) is 0 Å². The lowest BCUT2D eigenvalue weighted by Gasteiger charge is -2.38. The second-order valence-electron chi connectivity index (χ2n) is 7.81. The molecule has 1 N–H and O–H groups in total. The highest BCUT2D eigenvalue weighted by Crippen LogP contribution is 2.30. The lowest BCUT2D eigenvalue weighted by Crippen LogP contribution is -2.57. The fraction of sp³-hybridized carbons (Fsp3) is 0.524. The summed E-state index contributed by atoms with van der Waals surface area (Å²) >= 11 is 0. The molecule has 1 aliphatic carbocycles. The standard InChI is InChI=1S/C21H28N4O/c1-13-8-9-18(14(2)12-13)25-19-7-5-6-17(19)20(23-25)21(26)24-11-10-22-15(3)16(24)4/h8-9,12,15-16,22H,5-7,10-11H2,1-4H3. The van der Waals surface area contributed by atoms with Gasteiger partial charge in [0.05, 0.1) is 5.69 Å².